The highest BCUT2D eigenvalue weighted by Crippen LogP contribution is 2.41. The van der Waals surface area contributed by atoms with E-state index in [0.29, 0.717) is 12.0 Å². The van der Waals surface area contributed by atoms with Gasteiger partial charge in [-0.15, -0.1) is 0 Å². The molecule has 3 rings (SSSR count). The van der Waals surface area contributed by atoms with Gasteiger partial charge in [-0.2, -0.15) is 0 Å². The van der Waals surface area contributed by atoms with Gasteiger partial charge in [-0.3, -0.25) is 0 Å². The van der Waals surface area contributed by atoms with E-state index in [-0.39, 0.29) is 0 Å². The third-order valence-electron chi connectivity index (χ3n) is 7.99. The van der Waals surface area contributed by atoms with Crippen LogP contribution in [0.15, 0.2) is 36.4 Å². The van der Waals surface area contributed by atoms with Crippen molar-refractivity contribution < 1.29 is 4.74 Å². The predicted molar refractivity (Wildman–Crippen MR) is 150 cm³/mol. The highest BCUT2D eigenvalue weighted by atomic mass is 16.5. The molecule has 1 saturated carbocycles. The van der Waals surface area contributed by atoms with Gasteiger partial charge in [-0.05, 0) is 42.7 Å². The second-order valence-electron chi connectivity index (χ2n) is 10.6. The molecule has 2 unspecified atom stereocenters. The maximum Gasteiger partial charge on any atom is 0.0640 e. The first-order chi connectivity index (χ1) is 16.8. The first kappa shape index (κ1) is 27.1. The molecule has 1 aliphatic rings. The summed E-state index contributed by atoms with van der Waals surface area (Å²) in [6, 6.07) is 14.0. The number of hydrogen-bond acceptors (Lipinski definition) is 2. The van der Waals surface area contributed by atoms with E-state index in [9.17, 15) is 0 Å². The molecule has 0 saturated heterocycles. The molecule has 0 aromatic heterocycles. The van der Waals surface area contributed by atoms with Crippen LogP contribution in [-0.2, 0) is 4.74 Å². The number of anilines is 1. The molecular weight excluding hydrogens is 414 g/mol. The van der Waals surface area contributed by atoms with Gasteiger partial charge < -0.3 is 9.64 Å². The van der Waals surface area contributed by atoms with E-state index in [1.54, 1.807) is 0 Å². The topological polar surface area (TPSA) is 12.5 Å². The minimum absolute atomic E-state index is 0.372. The number of benzene rings is 2. The van der Waals surface area contributed by atoms with E-state index in [4.69, 9.17) is 4.74 Å². The quantitative estimate of drug-likeness (QED) is 0.216. The highest BCUT2D eigenvalue weighted by molar-refractivity contribution is 5.97. The third-order valence-corrected chi connectivity index (χ3v) is 7.99. The van der Waals surface area contributed by atoms with Crippen LogP contribution in [0.1, 0.15) is 122 Å². The number of nitrogens with zero attached hydrogens (tertiary/aromatic N) is 1. The van der Waals surface area contributed by atoms with Crippen LogP contribution in [0.4, 0.5) is 5.69 Å². The average Bonchev–Trinajstić information content (AvgIpc) is 3.35. The van der Waals surface area contributed by atoms with Crippen LogP contribution >= 0.6 is 0 Å². The maximum absolute atomic E-state index is 5.88. The smallest absolute Gasteiger partial charge is 0.0640 e. The molecule has 2 atom stereocenters. The van der Waals surface area contributed by atoms with Crippen molar-refractivity contribution in [3.05, 3.63) is 42.0 Å². The predicted octanol–water partition coefficient (Wildman–Crippen LogP) is 9.65. The van der Waals surface area contributed by atoms with Crippen LogP contribution in [0.25, 0.3) is 10.8 Å². The molecule has 2 aromatic rings. The number of methoxy groups -OCH3 is 1. The average molecular weight is 466 g/mol. The van der Waals surface area contributed by atoms with E-state index >= 15 is 0 Å². The van der Waals surface area contributed by atoms with Gasteiger partial charge in [0.25, 0.3) is 0 Å². The molecule has 0 spiro atoms. The first-order valence-corrected chi connectivity index (χ1v) is 14.6. The number of hydrogen-bond donors (Lipinski definition) is 0. The molecule has 1 fully saturated rings. The molecule has 0 heterocycles. The van der Waals surface area contributed by atoms with Crippen molar-refractivity contribution in [1.29, 1.82) is 0 Å². The van der Waals surface area contributed by atoms with Crippen LogP contribution < -0.4 is 4.90 Å². The summed E-state index contributed by atoms with van der Waals surface area (Å²) in [5.74, 6) is 0.537. The van der Waals surface area contributed by atoms with Gasteiger partial charge in [-0.25, -0.2) is 0 Å². The van der Waals surface area contributed by atoms with Gasteiger partial charge in [-0.1, -0.05) is 115 Å². The summed E-state index contributed by atoms with van der Waals surface area (Å²) in [5, 5.41) is 2.89. The zero-order valence-corrected chi connectivity index (χ0v) is 22.5. The minimum atomic E-state index is 0.372. The van der Waals surface area contributed by atoms with Gasteiger partial charge >= 0.3 is 0 Å². The van der Waals surface area contributed by atoms with E-state index in [2.05, 4.69) is 55.1 Å². The van der Waals surface area contributed by atoms with Crippen LogP contribution in [0.5, 0.6) is 0 Å². The summed E-state index contributed by atoms with van der Waals surface area (Å²) < 4.78 is 5.88. The number of ether oxygens (including phenoxy) is 1. The summed E-state index contributed by atoms with van der Waals surface area (Å²) >= 11 is 0. The first-order valence-electron chi connectivity index (χ1n) is 14.6. The lowest BCUT2D eigenvalue weighted by Gasteiger charge is -2.28. The van der Waals surface area contributed by atoms with Crippen LogP contribution in [-0.4, -0.2) is 26.3 Å². The Bertz CT molecular complexity index is 800. The minimum Gasteiger partial charge on any atom is -0.381 e. The normalized spacial score (nSPS) is 18.1. The van der Waals surface area contributed by atoms with Crippen molar-refractivity contribution in [2.45, 2.75) is 122 Å². The Morgan fingerprint density at radius 3 is 1.91 bits per heavy atom. The zero-order chi connectivity index (χ0) is 24.0. The van der Waals surface area contributed by atoms with Gasteiger partial charge in [0.05, 0.1) is 6.10 Å². The monoisotopic (exact) mass is 465 g/mol. The molecule has 2 nitrogen and oxygen atoms in total. The van der Waals surface area contributed by atoms with Crippen molar-refractivity contribution in [2.24, 2.45) is 0 Å². The molecule has 0 radical (unpaired) electrons. The van der Waals surface area contributed by atoms with E-state index in [1.165, 1.54) is 131 Å². The summed E-state index contributed by atoms with van der Waals surface area (Å²) in [7, 11) is 1.89. The van der Waals surface area contributed by atoms with Crippen molar-refractivity contribution in [3.8, 4) is 0 Å². The third kappa shape index (κ3) is 7.74. The molecule has 34 heavy (non-hydrogen) atoms. The van der Waals surface area contributed by atoms with Crippen LogP contribution in [0.2, 0.25) is 0 Å². The summed E-state index contributed by atoms with van der Waals surface area (Å²) in [6.45, 7) is 6.98. The fourth-order valence-electron chi connectivity index (χ4n) is 5.99. The van der Waals surface area contributed by atoms with Crippen molar-refractivity contribution in [3.63, 3.8) is 0 Å². The van der Waals surface area contributed by atoms with Gasteiger partial charge in [0.2, 0.25) is 0 Å². The standard InChI is InChI=1S/C32H51NO/c1-4-6-8-10-12-16-25-33(26-17-13-11-9-7-5-2)31-24-23-28(27-19-14-15-20-29(27)31)30-21-18-22-32(30)34-3/h14-15,19-20,23-24,30,32H,4-13,16-18,21-22,25-26H2,1-3H3. The van der Waals surface area contributed by atoms with Crippen molar-refractivity contribution in [2.75, 3.05) is 25.1 Å². The Morgan fingerprint density at radius 2 is 1.29 bits per heavy atom. The Kier molecular flexibility index (Phi) is 12.3. The molecule has 0 N–H and O–H groups in total. The summed E-state index contributed by atoms with van der Waals surface area (Å²) in [6.07, 6.45) is 20.4. The maximum atomic E-state index is 5.88. The molecular formula is C32H51NO. The SMILES string of the molecule is CCCCCCCCN(CCCCCCCC)c1ccc(C2CCCC2OC)c2ccccc12. The second-order valence-corrected chi connectivity index (χ2v) is 10.6. The lowest BCUT2D eigenvalue weighted by atomic mass is 9.90. The lowest BCUT2D eigenvalue weighted by molar-refractivity contribution is 0.0949. The fourth-order valence-corrected chi connectivity index (χ4v) is 5.99. The van der Waals surface area contributed by atoms with Crippen LogP contribution in [0, 0.1) is 0 Å². The van der Waals surface area contributed by atoms with E-state index in [0.717, 1.165) is 0 Å². The summed E-state index contributed by atoms with van der Waals surface area (Å²) in [4.78, 5) is 2.72. The Balaban J connectivity index is 1.75. The lowest BCUT2D eigenvalue weighted by Crippen LogP contribution is -2.26. The number of fused-ring (bicyclic) bond motifs is 1. The van der Waals surface area contributed by atoms with Crippen molar-refractivity contribution in [1.82, 2.24) is 0 Å². The molecule has 0 bridgehead atoms. The van der Waals surface area contributed by atoms with Crippen molar-refractivity contribution >= 4 is 16.5 Å². The molecule has 1 aliphatic carbocycles. The molecule has 2 heteroatoms. The highest BCUT2D eigenvalue weighted by Gasteiger charge is 2.30. The molecule has 0 aliphatic heterocycles. The number of rotatable bonds is 17. The Hall–Kier alpha value is -1.54. The Morgan fingerprint density at radius 1 is 0.706 bits per heavy atom. The number of unbranched alkanes of at least 4 members (excludes halogenated alkanes) is 10. The molecule has 190 valence electrons. The fraction of sp³-hybridized carbons (Fsp3) is 0.688. The van der Waals surface area contributed by atoms with E-state index < -0.39 is 0 Å². The molecule has 2 aromatic carbocycles. The van der Waals surface area contributed by atoms with Gasteiger partial charge in [0.15, 0.2) is 0 Å². The van der Waals surface area contributed by atoms with Gasteiger partial charge in [0, 0.05) is 37.2 Å². The Labute approximate surface area is 210 Å². The zero-order valence-electron chi connectivity index (χ0n) is 22.5. The summed E-state index contributed by atoms with van der Waals surface area (Å²) in [5.41, 5.74) is 2.95. The largest absolute Gasteiger partial charge is 0.381 e. The van der Waals surface area contributed by atoms with E-state index in [1.807, 2.05) is 7.11 Å². The second kappa shape index (κ2) is 15.5. The van der Waals surface area contributed by atoms with Gasteiger partial charge in [0.1, 0.15) is 0 Å². The molecule has 0 amide bonds. The van der Waals surface area contributed by atoms with Crippen LogP contribution in [0.3, 0.4) is 0 Å².